The van der Waals surface area contributed by atoms with Crippen LogP contribution in [0.3, 0.4) is 0 Å². The molecule has 0 radical (unpaired) electrons. The highest BCUT2D eigenvalue weighted by Crippen LogP contribution is 2.32. The molecule has 0 unspecified atom stereocenters. The summed E-state index contributed by atoms with van der Waals surface area (Å²) in [4.78, 5) is 32.8. The minimum atomic E-state index is -0.140. The number of hydrogen-bond donors (Lipinski definition) is 0. The summed E-state index contributed by atoms with van der Waals surface area (Å²) in [6.45, 7) is 5.28. The van der Waals surface area contributed by atoms with Crippen LogP contribution in [0.4, 0.5) is 0 Å². The van der Waals surface area contributed by atoms with Gasteiger partial charge < -0.3 is 9.64 Å². The Hall–Kier alpha value is -1.73. The number of thiophene rings is 1. The van der Waals surface area contributed by atoms with Crippen LogP contribution < -0.4 is 0 Å². The first-order chi connectivity index (χ1) is 11.6. The number of thiazole rings is 1. The molecule has 1 saturated heterocycles. The molecule has 1 amide bonds. The van der Waals surface area contributed by atoms with E-state index in [9.17, 15) is 9.59 Å². The summed E-state index contributed by atoms with van der Waals surface area (Å²) in [7, 11) is 0. The van der Waals surface area contributed by atoms with Crippen molar-refractivity contribution in [2.24, 2.45) is 5.92 Å². The summed E-state index contributed by atoms with van der Waals surface area (Å²) in [5, 5.41) is 2.90. The van der Waals surface area contributed by atoms with Gasteiger partial charge in [0.2, 0.25) is 0 Å². The number of carbonyl (C=O) groups is 2. The Balaban J connectivity index is 1.67. The van der Waals surface area contributed by atoms with E-state index in [1.807, 2.05) is 36.3 Å². The van der Waals surface area contributed by atoms with Gasteiger partial charge in [0.25, 0.3) is 5.91 Å². The van der Waals surface area contributed by atoms with Crippen LogP contribution in [0.15, 0.2) is 17.5 Å². The maximum atomic E-state index is 12.8. The van der Waals surface area contributed by atoms with E-state index in [2.05, 4.69) is 4.98 Å². The van der Waals surface area contributed by atoms with Crippen molar-refractivity contribution in [2.45, 2.75) is 26.7 Å². The number of piperidine rings is 1. The van der Waals surface area contributed by atoms with Crippen molar-refractivity contribution in [1.29, 1.82) is 0 Å². The molecule has 1 aliphatic heterocycles. The monoisotopic (exact) mass is 364 g/mol. The van der Waals surface area contributed by atoms with E-state index in [0.717, 1.165) is 15.6 Å². The summed E-state index contributed by atoms with van der Waals surface area (Å²) < 4.78 is 5.08. The number of aromatic nitrogens is 1. The van der Waals surface area contributed by atoms with Gasteiger partial charge in [0.05, 0.1) is 23.1 Å². The van der Waals surface area contributed by atoms with Crippen LogP contribution in [-0.2, 0) is 9.53 Å². The van der Waals surface area contributed by atoms with Crippen LogP contribution in [0.25, 0.3) is 9.88 Å². The van der Waals surface area contributed by atoms with Gasteiger partial charge in [-0.25, -0.2) is 4.98 Å². The van der Waals surface area contributed by atoms with Crippen LogP contribution in [0.5, 0.6) is 0 Å². The van der Waals surface area contributed by atoms with E-state index in [1.165, 1.54) is 11.3 Å². The fourth-order valence-corrected chi connectivity index (χ4v) is 4.65. The lowest BCUT2D eigenvalue weighted by atomic mass is 9.97. The summed E-state index contributed by atoms with van der Waals surface area (Å²) in [6.07, 6.45) is 1.33. The van der Waals surface area contributed by atoms with E-state index in [0.29, 0.717) is 37.4 Å². The molecule has 0 spiro atoms. The molecule has 3 rings (SSSR count). The Morgan fingerprint density at radius 1 is 1.38 bits per heavy atom. The number of amides is 1. The molecule has 7 heteroatoms. The summed E-state index contributed by atoms with van der Waals surface area (Å²) in [5.41, 5.74) is 0.779. The van der Waals surface area contributed by atoms with Gasteiger partial charge in [-0.2, -0.15) is 0 Å². The molecule has 0 N–H and O–H groups in total. The lowest BCUT2D eigenvalue weighted by Gasteiger charge is -2.30. The van der Waals surface area contributed by atoms with Gasteiger partial charge >= 0.3 is 5.97 Å². The largest absolute Gasteiger partial charge is 0.466 e. The van der Waals surface area contributed by atoms with Crippen molar-refractivity contribution in [3.63, 3.8) is 0 Å². The highest BCUT2D eigenvalue weighted by Gasteiger charge is 2.30. The Labute approximate surface area is 149 Å². The highest BCUT2D eigenvalue weighted by atomic mass is 32.1. The maximum absolute atomic E-state index is 12.8. The molecule has 5 nitrogen and oxygen atoms in total. The van der Waals surface area contributed by atoms with Gasteiger partial charge in [0, 0.05) is 13.1 Å². The van der Waals surface area contributed by atoms with E-state index in [1.54, 1.807) is 11.3 Å². The van der Waals surface area contributed by atoms with Crippen molar-refractivity contribution in [1.82, 2.24) is 9.88 Å². The second-order valence-electron chi connectivity index (χ2n) is 5.73. The van der Waals surface area contributed by atoms with Crippen molar-refractivity contribution in [3.05, 3.63) is 28.1 Å². The first-order valence-electron chi connectivity index (χ1n) is 8.07. The molecule has 0 atom stereocenters. The Morgan fingerprint density at radius 3 is 2.75 bits per heavy atom. The molecule has 2 aromatic rings. The van der Waals surface area contributed by atoms with Crippen LogP contribution in [0.2, 0.25) is 0 Å². The molecule has 0 aliphatic carbocycles. The van der Waals surface area contributed by atoms with Gasteiger partial charge in [-0.1, -0.05) is 6.07 Å². The number of hydrogen-bond acceptors (Lipinski definition) is 6. The predicted octanol–water partition coefficient (Wildman–Crippen LogP) is 3.60. The topological polar surface area (TPSA) is 59.5 Å². The summed E-state index contributed by atoms with van der Waals surface area (Å²) in [5.74, 6) is -0.202. The minimum absolute atomic E-state index is 0.0233. The number of likely N-dealkylation sites (tertiary alicyclic amines) is 1. The number of aryl methyl sites for hydroxylation is 1. The Kier molecular flexibility index (Phi) is 5.30. The quantitative estimate of drug-likeness (QED) is 0.778. The Bertz CT molecular complexity index is 716. The normalized spacial score (nSPS) is 15.5. The zero-order valence-electron chi connectivity index (χ0n) is 13.8. The third-order valence-corrected chi connectivity index (χ3v) is 6.31. The average Bonchev–Trinajstić information content (AvgIpc) is 3.24. The zero-order valence-corrected chi connectivity index (χ0v) is 15.4. The highest BCUT2D eigenvalue weighted by molar-refractivity contribution is 7.22. The van der Waals surface area contributed by atoms with E-state index >= 15 is 0 Å². The lowest BCUT2D eigenvalue weighted by molar-refractivity contribution is -0.149. The minimum Gasteiger partial charge on any atom is -0.466 e. The molecule has 1 fully saturated rings. The fraction of sp³-hybridized carbons (Fsp3) is 0.471. The zero-order chi connectivity index (χ0) is 17.1. The molecular weight excluding hydrogens is 344 g/mol. The molecule has 2 aromatic heterocycles. The fourth-order valence-electron chi connectivity index (χ4n) is 2.82. The molecule has 1 aliphatic rings. The molecule has 24 heavy (non-hydrogen) atoms. The first-order valence-corrected chi connectivity index (χ1v) is 9.77. The van der Waals surface area contributed by atoms with Crippen molar-refractivity contribution in [2.75, 3.05) is 19.7 Å². The first kappa shape index (κ1) is 17.1. The van der Waals surface area contributed by atoms with Gasteiger partial charge in [-0.05, 0) is 38.1 Å². The number of ether oxygens (including phenoxy) is 1. The van der Waals surface area contributed by atoms with E-state index in [-0.39, 0.29) is 17.8 Å². The van der Waals surface area contributed by atoms with Crippen LogP contribution in [0, 0.1) is 12.8 Å². The van der Waals surface area contributed by atoms with E-state index in [4.69, 9.17) is 4.74 Å². The smallest absolute Gasteiger partial charge is 0.309 e. The second kappa shape index (κ2) is 7.44. The number of esters is 1. The Morgan fingerprint density at radius 2 is 2.12 bits per heavy atom. The summed E-state index contributed by atoms with van der Waals surface area (Å²) in [6, 6.07) is 4.00. The molecule has 3 heterocycles. The maximum Gasteiger partial charge on any atom is 0.309 e. The summed E-state index contributed by atoms with van der Waals surface area (Å²) >= 11 is 3.08. The molecule has 128 valence electrons. The van der Waals surface area contributed by atoms with Crippen LogP contribution in [-0.4, -0.2) is 41.5 Å². The van der Waals surface area contributed by atoms with E-state index < -0.39 is 0 Å². The van der Waals surface area contributed by atoms with Gasteiger partial charge in [0.1, 0.15) is 9.88 Å². The van der Waals surface area contributed by atoms with Crippen molar-refractivity contribution in [3.8, 4) is 9.88 Å². The van der Waals surface area contributed by atoms with Crippen LogP contribution >= 0.6 is 22.7 Å². The number of carbonyl (C=O) groups excluding carboxylic acids is 2. The standard InChI is InChI=1S/C17H20N2O3S2/c1-3-22-17(21)12-6-8-19(9-7-12)16(20)14-11(2)18-15(24-14)13-5-4-10-23-13/h4-5,10,12H,3,6-9H2,1-2H3. The molecule has 0 bridgehead atoms. The second-order valence-corrected chi connectivity index (χ2v) is 7.68. The van der Waals surface area contributed by atoms with Crippen LogP contribution in [0.1, 0.15) is 35.1 Å². The van der Waals surface area contributed by atoms with Crippen molar-refractivity contribution >= 4 is 34.6 Å². The third-order valence-electron chi connectivity index (χ3n) is 4.12. The number of nitrogens with zero attached hydrogens (tertiary/aromatic N) is 2. The molecular formula is C17H20N2O3S2. The van der Waals surface area contributed by atoms with Gasteiger partial charge in [-0.3, -0.25) is 9.59 Å². The average molecular weight is 364 g/mol. The van der Waals surface area contributed by atoms with Gasteiger partial charge in [-0.15, -0.1) is 22.7 Å². The molecule has 0 saturated carbocycles. The lowest BCUT2D eigenvalue weighted by Crippen LogP contribution is -2.40. The van der Waals surface area contributed by atoms with Gasteiger partial charge in [0.15, 0.2) is 0 Å². The SMILES string of the molecule is CCOC(=O)C1CCN(C(=O)c2sc(-c3cccs3)nc2C)CC1. The predicted molar refractivity (Wildman–Crippen MR) is 95.4 cm³/mol. The third kappa shape index (κ3) is 3.52. The van der Waals surface area contributed by atoms with Crippen molar-refractivity contribution < 1.29 is 14.3 Å². The molecule has 0 aromatic carbocycles. The number of rotatable bonds is 4.